The summed E-state index contributed by atoms with van der Waals surface area (Å²) in [7, 11) is 0. The predicted molar refractivity (Wildman–Crippen MR) is 121 cm³/mol. The topological polar surface area (TPSA) is 21.7 Å². The lowest BCUT2D eigenvalue weighted by Crippen LogP contribution is -2.44. The summed E-state index contributed by atoms with van der Waals surface area (Å²) in [5.41, 5.74) is 3.61. The van der Waals surface area contributed by atoms with E-state index in [2.05, 4.69) is 21.3 Å². The van der Waals surface area contributed by atoms with Crippen LogP contribution in [0.15, 0.2) is 66.5 Å². The predicted octanol–water partition coefficient (Wildman–Crippen LogP) is 7.48. The average Bonchev–Trinajstić information content (AvgIpc) is 2.78. The number of nitrogens with zero attached hydrogens (tertiary/aromatic N) is 1. The summed E-state index contributed by atoms with van der Waals surface area (Å²) in [6, 6.07) is 12.0. The molecule has 0 saturated heterocycles. The second-order valence-electron chi connectivity index (χ2n) is 8.43. The number of fused-ring (bicyclic) bond motifs is 1. The Balaban J connectivity index is 1.66. The number of allylic oxidation sites excluding steroid dienone is 2. The Labute approximate surface area is 195 Å². The summed E-state index contributed by atoms with van der Waals surface area (Å²) in [4.78, 5) is 2.30. The number of anilines is 1. The van der Waals surface area contributed by atoms with E-state index >= 15 is 0 Å². The van der Waals surface area contributed by atoms with E-state index in [0.29, 0.717) is 5.56 Å². The van der Waals surface area contributed by atoms with Gasteiger partial charge in [-0.05, 0) is 72.7 Å². The van der Waals surface area contributed by atoms with E-state index in [1.807, 2.05) is 24.3 Å². The van der Waals surface area contributed by atoms with Crippen molar-refractivity contribution in [2.45, 2.75) is 51.6 Å². The third-order valence-electron chi connectivity index (χ3n) is 6.18. The van der Waals surface area contributed by atoms with Gasteiger partial charge in [0.05, 0.1) is 0 Å². The second-order valence-corrected chi connectivity index (χ2v) is 8.43. The van der Waals surface area contributed by atoms with E-state index in [4.69, 9.17) is 0 Å². The molecule has 1 aliphatic carbocycles. The molecule has 0 aromatic heterocycles. The van der Waals surface area contributed by atoms with E-state index < -0.39 is 13.0 Å². The summed E-state index contributed by atoms with van der Waals surface area (Å²) in [5, 5.41) is 0. The minimum absolute atomic E-state index is 0.0191. The van der Waals surface area contributed by atoms with Gasteiger partial charge in [-0.15, -0.1) is 13.2 Å². The van der Waals surface area contributed by atoms with Gasteiger partial charge >= 0.3 is 13.0 Å². The first-order chi connectivity index (χ1) is 16.2. The molecule has 0 saturated carbocycles. The lowest BCUT2D eigenvalue weighted by atomic mass is 9.82. The molecule has 0 radical (unpaired) electrons. The van der Waals surface area contributed by atoms with Crippen molar-refractivity contribution < 1.29 is 31.4 Å². The maximum atomic E-state index is 12.7. The van der Waals surface area contributed by atoms with Gasteiger partial charge in [-0.3, -0.25) is 0 Å². The fraction of sp³-hybridized carbons (Fsp3) is 0.385. The normalized spacial score (nSPS) is 20.2. The summed E-state index contributed by atoms with van der Waals surface area (Å²) in [6.45, 7) is -0.0138. The smallest absolute Gasteiger partial charge is 0.435 e. The van der Waals surface area contributed by atoms with Crippen molar-refractivity contribution in [2.75, 3.05) is 11.4 Å². The van der Waals surface area contributed by atoms with Crippen molar-refractivity contribution in [3.05, 3.63) is 72.0 Å². The molecule has 0 fully saturated rings. The highest BCUT2D eigenvalue weighted by Gasteiger charge is 2.34. The third kappa shape index (κ3) is 5.54. The van der Waals surface area contributed by atoms with Crippen LogP contribution in [-0.4, -0.2) is 25.6 Å². The van der Waals surface area contributed by atoms with Gasteiger partial charge in [0.1, 0.15) is 11.5 Å². The molecule has 1 aliphatic heterocycles. The van der Waals surface area contributed by atoms with E-state index in [1.165, 1.54) is 12.1 Å². The van der Waals surface area contributed by atoms with Gasteiger partial charge in [-0.2, -0.15) is 8.78 Å². The number of halogens is 5. The molecule has 2 aromatic rings. The minimum Gasteiger partial charge on any atom is -0.435 e. The van der Waals surface area contributed by atoms with Crippen molar-refractivity contribution in [3.63, 3.8) is 0 Å². The summed E-state index contributed by atoms with van der Waals surface area (Å²) in [5.74, 6) is -0.0539. The van der Waals surface area contributed by atoms with Crippen LogP contribution in [0, 0.1) is 5.92 Å². The summed E-state index contributed by atoms with van der Waals surface area (Å²) in [6.07, 6.45) is 3.61. The van der Waals surface area contributed by atoms with Crippen molar-refractivity contribution in [3.8, 4) is 16.9 Å². The molecular formula is C26H26F5NO2. The fourth-order valence-electron chi connectivity index (χ4n) is 4.96. The highest BCUT2D eigenvalue weighted by atomic mass is 19.4. The Morgan fingerprint density at radius 2 is 1.91 bits per heavy atom. The Morgan fingerprint density at radius 3 is 2.65 bits per heavy atom. The zero-order valence-corrected chi connectivity index (χ0v) is 18.7. The SMILES string of the molecule is CCCN1c2cccc(-c3cccc(OC(F)(F)F)c3)c2CC[C@@H]1C1C=C(OC(F)F)C=CC1. The summed E-state index contributed by atoms with van der Waals surface area (Å²) >= 11 is 0. The first-order valence-corrected chi connectivity index (χ1v) is 11.3. The number of alkyl halides is 5. The van der Waals surface area contributed by atoms with Crippen LogP contribution < -0.4 is 9.64 Å². The van der Waals surface area contributed by atoms with Crippen molar-refractivity contribution in [2.24, 2.45) is 5.92 Å². The van der Waals surface area contributed by atoms with E-state index in [1.54, 1.807) is 24.3 Å². The molecule has 1 heterocycles. The molecule has 2 atom stereocenters. The van der Waals surface area contributed by atoms with Gasteiger partial charge < -0.3 is 14.4 Å². The van der Waals surface area contributed by atoms with Crippen LogP contribution >= 0.6 is 0 Å². The molecule has 3 nitrogen and oxygen atoms in total. The number of benzene rings is 2. The maximum absolute atomic E-state index is 12.7. The Morgan fingerprint density at radius 1 is 1.12 bits per heavy atom. The maximum Gasteiger partial charge on any atom is 0.573 e. The van der Waals surface area contributed by atoms with Gasteiger partial charge in [-0.1, -0.05) is 37.3 Å². The zero-order chi connectivity index (χ0) is 24.3. The Bertz CT molecular complexity index is 1060. The molecule has 0 bridgehead atoms. The molecule has 0 spiro atoms. The van der Waals surface area contributed by atoms with Gasteiger partial charge in [0, 0.05) is 24.2 Å². The molecule has 34 heavy (non-hydrogen) atoms. The third-order valence-corrected chi connectivity index (χ3v) is 6.18. The molecular weight excluding hydrogens is 453 g/mol. The fourth-order valence-corrected chi connectivity index (χ4v) is 4.96. The quantitative estimate of drug-likeness (QED) is 0.384. The molecule has 0 N–H and O–H groups in total. The number of hydrogen-bond donors (Lipinski definition) is 0. The van der Waals surface area contributed by atoms with E-state index in [-0.39, 0.29) is 23.5 Å². The van der Waals surface area contributed by atoms with Crippen LogP contribution in [-0.2, 0) is 11.2 Å². The number of rotatable bonds is 7. The van der Waals surface area contributed by atoms with Crippen LogP contribution in [0.4, 0.5) is 27.6 Å². The summed E-state index contributed by atoms with van der Waals surface area (Å²) < 4.78 is 72.3. The van der Waals surface area contributed by atoms with Crippen LogP contribution in [0.2, 0.25) is 0 Å². The van der Waals surface area contributed by atoms with Gasteiger partial charge in [-0.25, -0.2) is 0 Å². The van der Waals surface area contributed by atoms with Crippen LogP contribution in [0.25, 0.3) is 11.1 Å². The van der Waals surface area contributed by atoms with Gasteiger partial charge in [0.2, 0.25) is 0 Å². The molecule has 182 valence electrons. The number of hydrogen-bond acceptors (Lipinski definition) is 3. The molecule has 8 heteroatoms. The minimum atomic E-state index is -4.76. The van der Waals surface area contributed by atoms with Crippen LogP contribution in [0.1, 0.15) is 31.7 Å². The highest BCUT2D eigenvalue weighted by molar-refractivity contribution is 5.76. The first kappa shape index (κ1) is 24.1. The lowest BCUT2D eigenvalue weighted by molar-refractivity contribution is -0.274. The van der Waals surface area contributed by atoms with Gasteiger partial charge in [0.25, 0.3) is 0 Å². The number of ether oxygens (including phenoxy) is 2. The molecule has 0 amide bonds. The lowest BCUT2D eigenvalue weighted by Gasteiger charge is -2.43. The molecule has 4 rings (SSSR count). The molecule has 1 unspecified atom stereocenters. The van der Waals surface area contributed by atoms with Crippen LogP contribution in [0.3, 0.4) is 0 Å². The van der Waals surface area contributed by atoms with E-state index in [9.17, 15) is 22.0 Å². The largest absolute Gasteiger partial charge is 0.573 e. The van der Waals surface area contributed by atoms with E-state index in [0.717, 1.165) is 49.0 Å². The Hall–Kier alpha value is -3.03. The zero-order valence-electron chi connectivity index (χ0n) is 18.7. The van der Waals surface area contributed by atoms with Crippen molar-refractivity contribution in [1.29, 1.82) is 0 Å². The van der Waals surface area contributed by atoms with Gasteiger partial charge in [0.15, 0.2) is 0 Å². The molecule has 2 aliphatic rings. The van der Waals surface area contributed by atoms with Crippen molar-refractivity contribution >= 4 is 5.69 Å². The standard InChI is InChI=1S/C26H26F5NO2/c1-2-14-32-23(18-7-4-8-19(16-18)33-25(27)28)13-12-22-21(10-5-11-24(22)32)17-6-3-9-20(15-17)34-26(29,30)31/h3-6,8-11,15-16,18,23,25H,2,7,12-14H2,1H3/t18?,23-/m1/s1. The average molecular weight is 479 g/mol. The molecule has 2 aromatic carbocycles. The first-order valence-electron chi connectivity index (χ1n) is 11.3. The highest BCUT2D eigenvalue weighted by Crippen LogP contribution is 2.41. The second kappa shape index (κ2) is 10.1. The monoisotopic (exact) mass is 479 g/mol. The Kier molecular flexibility index (Phi) is 7.14. The van der Waals surface area contributed by atoms with Crippen molar-refractivity contribution in [1.82, 2.24) is 0 Å². The van der Waals surface area contributed by atoms with Crippen LogP contribution in [0.5, 0.6) is 5.75 Å².